The van der Waals surface area contributed by atoms with Crippen LogP contribution in [-0.2, 0) is 4.74 Å². The minimum absolute atomic E-state index is 0.572. The molecule has 1 aliphatic carbocycles. The smallest absolute Gasteiger partial charge is 0.0896 e. The first-order valence-electron chi connectivity index (χ1n) is 2.16. The van der Waals surface area contributed by atoms with E-state index < -0.39 is 0 Å². The summed E-state index contributed by atoms with van der Waals surface area (Å²) in [7, 11) is 0. The van der Waals surface area contributed by atoms with Gasteiger partial charge in [-0.05, 0) is 12.8 Å². The van der Waals surface area contributed by atoms with Gasteiger partial charge in [-0.1, -0.05) is 0 Å². The highest BCUT2D eigenvalue weighted by Crippen LogP contribution is 2.23. The van der Waals surface area contributed by atoms with E-state index >= 15 is 0 Å². The highest BCUT2D eigenvalue weighted by atomic mass is 32.1. The van der Waals surface area contributed by atoms with Crippen LogP contribution in [0.1, 0.15) is 12.8 Å². The standard InChI is InChI=1S/C4H8OS/c6-3-5-4-1-2-4/h4,6H,1-3H2. The zero-order valence-corrected chi connectivity index (χ0v) is 4.45. The lowest BCUT2D eigenvalue weighted by Gasteiger charge is -1.88. The topological polar surface area (TPSA) is 9.23 Å². The summed E-state index contributed by atoms with van der Waals surface area (Å²) >= 11 is 3.88. The van der Waals surface area contributed by atoms with Crippen molar-refractivity contribution in [2.45, 2.75) is 18.9 Å². The first-order chi connectivity index (χ1) is 2.93. The minimum Gasteiger partial charge on any atom is -0.368 e. The lowest BCUT2D eigenvalue weighted by Crippen LogP contribution is -1.86. The van der Waals surface area contributed by atoms with Crippen molar-refractivity contribution in [3.05, 3.63) is 0 Å². The van der Waals surface area contributed by atoms with Gasteiger partial charge in [-0.3, -0.25) is 0 Å². The van der Waals surface area contributed by atoms with Crippen molar-refractivity contribution in [1.29, 1.82) is 0 Å². The van der Waals surface area contributed by atoms with E-state index in [9.17, 15) is 0 Å². The van der Waals surface area contributed by atoms with Crippen molar-refractivity contribution < 1.29 is 4.74 Å². The molecule has 0 aromatic rings. The Hall–Kier alpha value is 0.310. The van der Waals surface area contributed by atoms with Crippen molar-refractivity contribution >= 4 is 12.6 Å². The minimum atomic E-state index is 0.572. The monoisotopic (exact) mass is 104 g/mol. The van der Waals surface area contributed by atoms with Crippen LogP contribution in [0.4, 0.5) is 0 Å². The van der Waals surface area contributed by atoms with Crippen LogP contribution in [0.5, 0.6) is 0 Å². The van der Waals surface area contributed by atoms with Gasteiger partial charge in [0.15, 0.2) is 0 Å². The van der Waals surface area contributed by atoms with Crippen molar-refractivity contribution in [3.63, 3.8) is 0 Å². The highest BCUT2D eigenvalue weighted by molar-refractivity contribution is 7.80. The van der Waals surface area contributed by atoms with Gasteiger partial charge in [0.1, 0.15) is 0 Å². The Labute approximate surface area is 43.1 Å². The van der Waals surface area contributed by atoms with E-state index in [0.717, 1.165) is 0 Å². The Balaban J connectivity index is 1.88. The van der Waals surface area contributed by atoms with E-state index in [2.05, 4.69) is 12.6 Å². The molecule has 1 fully saturated rings. The van der Waals surface area contributed by atoms with Crippen LogP contribution < -0.4 is 0 Å². The quantitative estimate of drug-likeness (QED) is 0.407. The first kappa shape index (κ1) is 4.47. The molecule has 0 N–H and O–H groups in total. The van der Waals surface area contributed by atoms with Crippen LogP contribution in [0.25, 0.3) is 0 Å². The van der Waals surface area contributed by atoms with E-state index in [1.165, 1.54) is 12.8 Å². The molecule has 0 spiro atoms. The summed E-state index contributed by atoms with van der Waals surface area (Å²) in [5.41, 5.74) is 0. The number of rotatable bonds is 2. The van der Waals surface area contributed by atoms with Crippen LogP contribution in [0.2, 0.25) is 0 Å². The fourth-order valence-electron chi connectivity index (χ4n) is 0.340. The molecule has 2 heteroatoms. The average Bonchev–Trinajstić information content (AvgIpc) is 2.21. The van der Waals surface area contributed by atoms with Gasteiger partial charge in [-0.2, -0.15) is 12.6 Å². The number of ether oxygens (including phenoxy) is 1. The number of thiol groups is 1. The maximum Gasteiger partial charge on any atom is 0.0896 e. The molecule has 1 saturated carbocycles. The van der Waals surface area contributed by atoms with Crippen LogP contribution >= 0.6 is 12.6 Å². The third-order valence-electron chi connectivity index (χ3n) is 0.835. The molecule has 0 aromatic heterocycles. The zero-order chi connectivity index (χ0) is 4.41. The predicted octanol–water partition coefficient (Wildman–Crippen LogP) is 1.05. The molecule has 0 amide bonds. The van der Waals surface area contributed by atoms with Gasteiger partial charge in [-0.25, -0.2) is 0 Å². The Morgan fingerprint density at radius 3 is 2.50 bits per heavy atom. The number of hydrogen-bond acceptors (Lipinski definition) is 2. The van der Waals surface area contributed by atoms with E-state index in [1.54, 1.807) is 0 Å². The normalized spacial score (nSPS) is 21.5. The van der Waals surface area contributed by atoms with Gasteiger partial charge >= 0.3 is 0 Å². The Morgan fingerprint density at radius 1 is 1.67 bits per heavy atom. The predicted molar refractivity (Wildman–Crippen MR) is 28.0 cm³/mol. The largest absolute Gasteiger partial charge is 0.368 e. The summed E-state index contributed by atoms with van der Waals surface area (Å²) < 4.78 is 5.02. The molecule has 0 unspecified atom stereocenters. The van der Waals surface area contributed by atoms with E-state index in [1.807, 2.05) is 0 Å². The molecule has 1 nitrogen and oxygen atoms in total. The summed E-state index contributed by atoms with van der Waals surface area (Å²) in [5, 5.41) is 0. The van der Waals surface area contributed by atoms with Gasteiger partial charge in [0.05, 0.1) is 12.0 Å². The maximum atomic E-state index is 5.02. The third kappa shape index (κ3) is 1.19. The molecule has 0 heterocycles. The summed E-state index contributed by atoms with van der Waals surface area (Å²) in [6, 6.07) is 0. The summed E-state index contributed by atoms with van der Waals surface area (Å²) in [5.74, 6) is 0.588. The van der Waals surface area contributed by atoms with E-state index in [4.69, 9.17) is 4.74 Å². The van der Waals surface area contributed by atoms with Crippen LogP contribution in [0.3, 0.4) is 0 Å². The second-order valence-electron chi connectivity index (χ2n) is 1.50. The third-order valence-corrected chi connectivity index (χ3v) is 0.984. The summed E-state index contributed by atoms with van der Waals surface area (Å²) in [4.78, 5) is 0. The second-order valence-corrected chi connectivity index (χ2v) is 1.75. The summed E-state index contributed by atoms with van der Waals surface area (Å²) in [6.07, 6.45) is 3.07. The Bertz CT molecular complexity index is 42.8. The van der Waals surface area contributed by atoms with Gasteiger partial charge in [-0.15, -0.1) is 0 Å². The Morgan fingerprint density at radius 2 is 2.33 bits per heavy atom. The van der Waals surface area contributed by atoms with Gasteiger partial charge in [0.2, 0.25) is 0 Å². The first-order valence-corrected chi connectivity index (χ1v) is 2.79. The maximum absolute atomic E-state index is 5.02. The fourth-order valence-corrected chi connectivity index (χ4v) is 0.551. The molecule has 0 atom stereocenters. The molecule has 0 aliphatic heterocycles. The molecule has 0 radical (unpaired) electrons. The molecule has 1 aliphatic rings. The summed E-state index contributed by atoms with van der Waals surface area (Å²) in [6.45, 7) is 0. The van der Waals surface area contributed by atoms with Crippen molar-refractivity contribution in [3.8, 4) is 0 Å². The number of hydrogen-bond donors (Lipinski definition) is 1. The fraction of sp³-hybridized carbons (Fsp3) is 1.00. The molecular formula is C4H8OS. The van der Waals surface area contributed by atoms with Crippen LogP contribution in [0.15, 0.2) is 0 Å². The Kier molecular flexibility index (Phi) is 1.37. The average molecular weight is 104 g/mol. The lowest BCUT2D eigenvalue weighted by atomic mass is 10.9. The molecule has 1 rings (SSSR count). The van der Waals surface area contributed by atoms with Gasteiger partial charge in [0.25, 0.3) is 0 Å². The van der Waals surface area contributed by atoms with Crippen LogP contribution in [-0.4, -0.2) is 12.0 Å². The highest BCUT2D eigenvalue weighted by Gasteiger charge is 2.20. The molecule has 0 bridgehead atoms. The van der Waals surface area contributed by atoms with Crippen molar-refractivity contribution in [2.75, 3.05) is 5.94 Å². The molecule has 36 valence electrons. The van der Waals surface area contributed by atoms with Crippen LogP contribution in [0, 0.1) is 0 Å². The van der Waals surface area contributed by atoms with Crippen molar-refractivity contribution in [1.82, 2.24) is 0 Å². The van der Waals surface area contributed by atoms with E-state index in [-0.39, 0.29) is 0 Å². The molecule has 0 aromatic carbocycles. The molecular weight excluding hydrogens is 96.1 g/mol. The zero-order valence-electron chi connectivity index (χ0n) is 3.55. The lowest BCUT2D eigenvalue weighted by molar-refractivity contribution is 0.168. The molecule has 0 saturated heterocycles. The SMILES string of the molecule is SCOC1CC1. The second kappa shape index (κ2) is 1.85. The van der Waals surface area contributed by atoms with Crippen molar-refractivity contribution in [2.24, 2.45) is 0 Å². The molecule has 6 heavy (non-hydrogen) atoms. The van der Waals surface area contributed by atoms with Gasteiger partial charge < -0.3 is 4.74 Å². The van der Waals surface area contributed by atoms with E-state index in [0.29, 0.717) is 12.0 Å². The van der Waals surface area contributed by atoms with Gasteiger partial charge in [0, 0.05) is 0 Å².